The van der Waals surface area contributed by atoms with E-state index in [-0.39, 0.29) is 12.6 Å². The van der Waals surface area contributed by atoms with Crippen LogP contribution < -0.4 is 5.32 Å². The van der Waals surface area contributed by atoms with Crippen LogP contribution in [0.4, 0.5) is 0 Å². The van der Waals surface area contributed by atoms with E-state index in [1.807, 2.05) is 0 Å². The number of nitrogens with one attached hydrogen (secondary N) is 1. The fourth-order valence-corrected chi connectivity index (χ4v) is 1.29. The quantitative estimate of drug-likeness (QED) is 0.526. The number of hydrogen-bond acceptors (Lipinski definition) is 4. The Morgan fingerprint density at radius 1 is 1.82 bits per heavy atom. The van der Waals surface area contributed by atoms with E-state index in [0.29, 0.717) is 19.6 Å². The van der Waals surface area contributed by atoms with Gasteiger partial charge in [-0.05, 0) is 7.05 Å². The number of carbonyl (C=O) groups excluding carboxylic acids is 1. The lowest BCUT2D eigenvalue weighted by Gasteiger charge is -2.20. The Balaban J connectivity index is 2.65. The van der Waals surface area contributed by atoms with Crippen LogP contribution in [0.25, 0.3) is 0 Å². The molecular weight excluding hydrogens is 146 g/mol. The van der Waals surface area contributed by atoms with Crippen LogP contribution in [-0.4, -0.2) is 37.9 Å². The van der Waals surface area contributed by atoms with E-state index in [1.54, 1.807) is 7.05 Å². The molecule has 1 fully saturated rings. The van der Waals surface area contributed by atoms with Gasteiger partial charge in [-0.1, -0.05) is 0 Å². The first kappa shape index (κ1) is 8.49. The lowest BCUT2D eigenvalue weighted by atomic mass is 9.88. The van der Waals surface area contributed by atoms with Crippen LogP contribution in [0, 0.1) is 5.41 Å². The predicted molar refractivity (Wildman–Crippen MR) is 39.0 cm³/mol. The SMILES string of the molecule is CNCC1(CO)CCOC1=O. The van der Waals surface area contributed by atoms with Gasteiger partial charge in [0.05, 0.1) is 13.2 Å². The number of aliphatic hydroxyl groups excluding tert-OH is 1. The normalized spacial score (nSPS) is 30.5. The molecule has 0 aliphatic carbocycles. The molecule has 4 heteroatoms. The summed E-state index contributed by atoms with van der Waals surface area (Å²) in [4.78, 5) is 11.1. The Morgan fingerprint density at radius 3 is 2.91 bits per heavy atom. The monoisotopic (exact) mass is 159 g/mol. The maximum atomic E-state index is 11.1. The number of ether oxygens (including phenoxy) is 1. The number of cyclic esters (lactones) is 1. The first-order chi connectivity index (χ1) is 5.25. The van der Waals surface area contributed by atoms with Gasteiger partial charge in [0.15, 0.2) is 0 Å². The van der Waals surface area contributed by atoms with Crippen molar-refractivity contribution in [1.82, 2.24) is 5.32 Å². The van der Waals surface area contributed by atoms with Crippen LogP contribution in [0.15, 0.2) is 0 Å². The largest absolute Gasteiger partial charge is 0.465 e. The second-order valence-corrected chi connectivity index (χ2v) is 2.85. The molecule has 0 aromatic rings. The average Bonchev–Trinajstić information content (AvgIpc) is 2.35. The number of carbonyl (C=O) groups is 1. The summed E-state index contributed by atoms with van der Waals surface area (Å²) in [5, 5.41) is 11.8. The zero-order valence-electron chi connectivity index (χ0n) is 6.59. The van der Waals surface area contributed by atoms with Crippen LogP contribution in [-0.2, 0) is 9.53 Å². The Morgan fingerprint density at radius 2 is 2.55 bits per heavy atom. The van der Waals surface area contributed by atoms with Crippen molar-refractivity contribution in [3.05, 3.63) is 0 Å². The zero-order valence-corrected chi connectivity index (χ0v) is 6.59. The molecule has 1 heterocycles. The Bertz CT molecular complexity index is 160. The van der Waals surface area contributed by atoms with Gasteiger partial charge < -0.3 is 15.2 Å². The highest BCUT2D eigenvalue weighted by molar-refractivity contribution is 5.79. The van der Waals surface area contributed by atoms with Crippen molar-refractivity contribution in [1.29, 1.82) is 0 Å². The molecule has 1 rings (SSSR count). The van der Waals surface area contributed by atoms with Crippen molar-refractivity contribution < 1.29 is 14.6 Å². The first-order valence-corrected chi connectivity index (χ1v) is 3.68. The summed E-state index contributed by atoms with van der Waals surface area (Å²) in [6, 6.07) is 0. The van der Waals surface area contributed by atoms with Gasteiger partial charge in [0.25, 0.3) is 0 Å². The standard InChI is InChI=1S/C7H13NO3/c1-8-4-7(5-9)2-3-11-6(7)10/h8-9H,2-5H2,1H3. The third kappa shape index (κ3) is 1.36. The number of hydrogen-bond donors (Lipinski definition) is 2. The van der Waals surface area contributed by atoms with Crippen LogP contribution in [0.2, 0.25) is 0 Å². The highest BCUT2D eigenvalue weighted by Crippen LogP contribution is 2.28. The molecule has 1 aliphatic rings. The summed E-state index contributed by atoms with van der Waals surface area (Å²) in [5.41, 5.74) is -0.672. The third-order valence-electron chi connectivity index (χ3n) is 2.06. The van der Waals surface area contributed by atoms with Gasteiger partial charge >= 0.3 is 5.97 Å². The fourth-order valence-electron chi connectivity index (χ4n) is 1.29. The molecule has 1 aliphatic heterocycles. The smallest absolute Gasteiger partial charge is 0.315 e. The van der Waals surface area contributed by atoms with Crippen molar-refractivity contribution in [2.45, 2.75) is 6.42 Å². The van der Waals surface area contributed by atoms with Crippen molar-refractivity contribution in [2.75, 3.05) is 26.8 Å². The number of rotatable bonds is 3. The van der Waals surface area contributed by atoms with Gasteiger partial charge in [0.2, 0.25) is 0 Å². The van der Waals surface area contributed by atoms with Crippen molar-refractivity contribution in [3.8, 4) is 0 Å². The average molecular weight is 159 g/mol. The van der Waals surface area contributed by atoms with E-state index >= 15 is 0 Å². The van der Waals surface area contributed by atoms with E-state index in [4.69, 9.17) is 9.84 Å². The minimum Gasteiger partial charge on any atom is -0.465 e. The van der Waals surface area contributed by atoms with E-state index in [0.717, 1.165) is 0 Å². The van der Waals surface area contributed by atoms with E-state index < -0.39 is 5.41 Å². The molecule has 2 N–H and O–H groups in total. The summed E-state index contributed by atoms with van der Waals surface area (Å²) in [5.74, 6) is -0.283. The van der Waals surface area contributed by atoms with Gasteiger partial charge in [-0.2, -0.15) is 0 Å². The second-order valence-electron chi connectivity index (χ2n) is 2.85. The summed E-state index contributed by atoms with van der Waals surface area (Å²) in [6.45, 7) is 0.788. The molecule has 0 radical (unpaired) electrons. The van der Waals surface area contributed by atoms with Gasteiger partial charge in [0, 0.05) is 13.0 Å². The Hall–Kier alpha value is -0.610. The van der Waals surface area contributed by atoms with Gasteiger partial charge in [-0.15, -0.1) is 0 Å². The van der Waals surface area contributed by atoms with Crippen LogP contribution in [0.5, 0.6) is 0 Å². The molecule has 0 bridgehead atoms. The molecular formula is C7H13NO3. The molecule has 1 atom stereocenters. The molecule has 11 heavy (non-hydrogen) atoms. The Kier molecular flexibility index (Phi) is 2.46. The second kappa shape index (κ2) is 3.19. The third-order valence-corrected chi connectivity index (χ3v) is 2.06. The van der Waals surface area contributed by atoms with E-state index in [2.05, 4.69) is 5.32 Å². The maximum absolute atomic E-state index is 11.1. The zero-order chi connectivity index (χ0) is 8.32. The van der Waals surface area contributed by atoms with E-state index in [1.165, 1.54) is 0 Å². The molecule has 0 saturated carbocycles. The maximum Gasteiger partial charge on any atom is 0.315 e. The summed E-state index contributed by atoms with van der Waals surface area (Å²) in [7, 11) is 1.75. The van der Waals surface area contributed by atoms with Crippen LogP contribution in [0.3, 0.4) is 0 Å². The first-order valence-electron chi connectivity index (χ1n) is 3.68. The molecule has 0 amide bonds. The predicted octanol–water partition coefficient (Wildman–Crippen LogP) is -0.869. The van der Waals surface area contributed by atoms with Gasteiger partial charge in [-0.3, -0.25) is 4.79 Å². The molecule has 0 spiro atoms. The highest BCUT2D eigenvalue weighted by Gasteiger charge is 2.43. The number of esters is 1. The number of aliphatic hydroxyl groups is 1. The molecule has 64 valence electrons. The topological polar surface area (TPSA) is 58.6 Å². The fraction of sp³-hybridized carbons (Fsp3) is 0.857. The summed E-state index contributed by atoms with van der Waals surface area (Å²) < 4.78 is 4.77. The molecule has 0 aromatic carbocycles. The van der Waals surface area contributed by atoms with E-state index in [9.17, 15) is 4.79 Å². The summed E-state index contributed by atoms with van der Waals surface area (Å²) in [6.07, 6.45) is 0.614. The Labute approximate surface area is 65.5 Å². The molecule has 4 nitrogen and oxygen atoms in total. The van der Waals surface area contributed by atoms with Crippen LogP contribution >= 0.6 is 0 Å². The minimum absolute atomic E-state index is 0.132. The van der Waals surface area contributed by atoms with Crippen molar-refractivity contribution >= 4 is 5.97 Å². The van der Waals surface area contributed by atoms with Crippen LogP contribution in [0.1, 0.15) is 6.42 Å². The van der Waals surface area contributed by atoms with Gasteiger partial charge in [-0.25, -0.2) is 0 Å². The summed E-state index contributed by atoms with van der Waals surface area (Å²) >= 11 is 0. The van der Waals surface area contributed by atoms with Gasteiger partial charge in [0.1, 0.15) is 5.41 Å². The molecule has 1 saturated heterocycles. The van der Waals surface area contributed by atoms with Crippen molar-refractivity contribution in [2.24, 2.45) is 5.41 Å². The highest BCUT2D eigenvalue weighted by atomic mass is 16.5. The molecule has 1 unspecified atom stereocenters. The minimum atomic E-state index is -0.672. The lowest BCUT2D eigenvalue weighted by Crippen LogP contribution is -2.39. The lowest BCUT2D eigenvalue weighted by molar-refractivity contribution is -0.147. The molecule has 0 aromatic heterocycles. The van der Waals surface area contributed by atoms with Crippen molar-refractivity contribution in [3.63, 3.8) is 0 Å².